The molecule has 0 spiro atoms. The summed E-state index contributed by atoms with van der Waals surface area (Å²) in [5.41, 5.74) is 0.471. The van der Waals surface area contributed by atoms with Crippen molar-refractivity contribution in [2.75, 3.05) is 6.61 Å². The fourth-order valence-electron chi connectivity index (χ4n) is 2.70. The highest BCUT2D eigenvalue weighted by Gasteiger charge is 2.18. The van der Waals surface area contributed by atoms with Crippen molar-refractivity contribution in [3.05, 3.63) is 59.7 Å². The number of benzene rings is 2. The van der Waals surface area contributed by atoms with E-state index in [9.17, 15) is 9.59 Å². The van der Waals surface area contributed by atoms with Crippen LogP contribution in [-0.4, -0.2) is 17.8 Å². The third-order valence-corrected chi connectivity index (χ3v) is 4.37. The van der Waals surface area contributed by atoms with Crippen molar-refractivity contribution in [2.45, 2.75) is 45.4 Å². The van der Waals surface area contributed by atoms with Crippen LogP contribution < -0.4 is 9.47 Å². The van der Waals surface area contributed by atoms with Gasteiger partial charge in [0.05, 0.1) is 12.2 Å². The van der Waals surface area contributed by atoms with Gasteiger partial charge in [-0.25, -0.2) is 4.79 Å². The van der Waals surface area contributed by atoms with E-state index in [2.05, 4.69) is 6.92 Å². The minimum absolute atomic E-state index is 0.133. The van der Waals surface area contributed by atoms with Crippen LogP contribution in [0.3, 0.4) is 0 Å². The summed E-state index contributed by atoms with van der Waals surface area (Å²) < 4.78 is 11.2. The van der Waals surface area contributed by atoms with Crippen LogP contribution in [0, 0.1) is 0 Å². The van der Waals surface area contributed by atoms with Gasteiger partial charge < -0.3 is 9.47 Å². The molecule has 2 aromatic rings. The standard InChI is InChI=1S/C22H25ClO4/c1-2-3-4-5-6-11-16-26-19-14-9-8-13-18(19)22(25)27-20-15-10-7-12-17(20)21(23)24/h7-10,12-15H,2-6,11,16H2,1H3. The van der Waals surface area contributed by atoms with Gasteiger partial charge in [-0.15, -0.1) is 0 Å². The summed E-state index contributed by atoms with van der Waals surface area (Å²) in [5, 5.41) is -0.675. The van der Waals surface area contributed by atoms with Gasteiger partial charge in [0.15, 0.2) is 0 Å². The van der Waals surface area contributed by atoms with Crippen molar-refractivity contribution in [2.24, 2.45) is 0 Å². The van der Waals surface area contributed by atoms with E-state index in [1.807, 2.05) is 6.07 Å². The monoisotopic (exact) mass is 388 g/mol. The van der Waals surface area contributed by atoms with Crippen LogP contribution in [0.4, 0.5) is 0 Å². The van der Waals surface area contributed by atoms with E-state index in [0.29, 0.717) is 17.9 Å². The largest absolute Gasteiger partial charge is 0.493 e. The first-order valence-electron chi connectivity index (χ1n) is 9.36. The first kappa shape index (κ1) is 21.0. The quantitative estimate of drug-likeness (QED) is 0.204. The Kier molecular flexibility index (Phi) is 8.85. The molecular weight excluding hydrogens is 364 g/mol. The zero-order chi connectivity index (χ0) is 19.5. The minimum Gasteiger partial charge on any atom is -0.493 e. The number of ether oxygens (including phenoxy) is 2. The molecule has 0 radical (unpaired) electrons. The third kappa shape index (κ3) is 6.72. The molecule has 4 nitrogen and oxygen atoms in total. The maximum Gasteiger partial charge on any atom is 0.347 e. The lowest BCUT2D eigenvalue weighted by molar-refractivity contribution is 0.0728. The average molecular weight is 389 g/mol. The van der Waals surface area contributed by atoms with E-state index < -0.39 is 11.2 Å². The van der Waals surface area contributed by atoms with Crippen LogP contribution in [0.2, 0.25) is 0 Å². The Morgan fingerprint density at radius 2 is 1.41 bits per heavy atom. The highest BCUT2D eigenvalue weighted by atomic mass is 35.5. The van der Waals surface area contributed by atoms with E-state index in [0.717, 1.165) is 12.8 Å². The Hall–Kier alpha value is -2.33. The molecule has 27 heavy (non-hydrogen) atoms. The zero-order valence-corrected chi connectivity index (χ0v) is 16.3. The van der Waals surface area contributed by atoms with Gasteiger partial charge in [-0.1, -0.05) is 63.3 Å². The molecule has 2 rings (SSSR count). The van der Waals surface area contributed by atoms with Crippen molar-refractivity contribution in [1.82, 2.24) is 0 Å². The van der Waals surface area contributed by atoms with Gasteiger partial charge in [-0.3, -0.25) is 4.79 Å². The molecule has 2 aromatic carbocycles. The van der Waals surface area contributed by atoms with Crippen LogP contribution in [0.15, 0.2) is 48.5 Å². The molecule has 0 heterocycles. The van der Waals surface area contributed by atoms with Crippen LogP contribution in [-0.2, 0) is 0 Å². The molecule has 0 saturated heterocycles. The number of para-hydroxylation sites is 2. The van der Waals surface area contributed by atoms with E-state index in [-0.39, 0.29) is 11.3 Å². The summed E-state index contributed by atoms with van der Waals surface area (Å²) >= 11 is 5.54. The van der Waals surface area contributed by atoms with Crippen LogP contribution in [0.1, 0.15) is 66.2 Å². The van der Waals surface area contributed by atoms with Crippen molar-refractivity contribution >= 4 is 22.8 Å². The van der Waals surface area contributed by atoms with Crippen LogP contribution in [0.5, 0.6) is 11.5 Å². The Bertz CT molecular complexity index is 757. The average Bonchev–Trinajstić information content (AvgIpc) is 2.68. The normalized spacial score (nSPS) is 10.4. The number of unbranched alkanes of at least 4 members (excludes halogenated alkanes) is 5. The predicted molar refractivity (Wildman–Crippen MR) is 107 cm³/mol. The Balaban J connectivity index is 1.96. The Morgan fingerprint density at radius 1 is 0.815 bits per heavy atom. The van der Waals surface area contributed by atoms with Gasteiger partial charge >= 0.3 is 5.97 Å². The number of rotatable bonds is 11. The van der Waals surface area contributed by atoms with Crippen molar-refractivity contribution in [3.63, 3.8) is 0 Å². The second-order valence-electron chi connectivity index (χ2n) is 6.27. The summed E-state index contributed by atoms with van der Waals surface area (Å²) in [7, 11) is 0. The lowest BCUT2D eigenvalue weighted by Gasteiger charge is -2.12. The van der Waals surface area contributed by atoms with Gasteiger partial charge in [0.1, 0.15) is 17.1 Å². The molecule has 0 aliphatic carbocycles. The maximum absolute atomic E-state index is 12.6. The van der Waals surface area contributed by atoms with Crippen molar-refractivity contribution < 1.29 is 19.1 Å². The summed E-state index contributed by atoms with van der Waals surface area (Å²) in [4.78, 5) is 24.0. The van der Waals surface area contributed by atoms with Gasteiger partial charge in [0.25, 0.3) is 5.24 Å². The summed E-state index contributed by atoms with van der Waals surface area (Å²) in [6, 6.07) is 13.3. The van der Waals surface area contributed by atoms with Gasteiger partial charge in [-0.05, 0) is 42.3 Å². The van der Waals surface area contributed by atoms with E-state index in [1.165, 1.54) is 37.8 Å². The molecule has 0 unspecified atom stereocenters. The van der Waals surface area contributed by atoms with Gasteiger partial charge in [0, 0.05) is 0 Å². The van der Waals surface area contributed by atoms with Gasteiger partial charge in [-0.2, -0.15) is 0 Å². The number of hydrogen-bond acceptors (Lipinski definition) is 4. The highest BCUT2D eigenvalue weighted by molar-refractivity contribution is 6.68. The molecule has 0 amide bonds. The molecule has 0 atom stereocenters. The molecule has 0 saturated carbocycles. The molecule has 0 fully saturated rings. The molecule has 144 valence electrons. The molecule has 0 bridgehead atoms. The van der Waals surface area contributed by atoms with Crippen LogP contribution in [0.25, 0.3) is 0 Å². The second-order valence-corrected chi connectivity index (χ2v) is 6.62. The van der Waals surface area contributed by atoms with E-state index in [1.54, 1.807) is 30.3 Å². The molecule has 0 aromatic heterocycles. The smallest absolute Gasteiger partial charge is 0.347 e. The number of esters is 1. The Morgan fingerprint density at radius 3 is 2.11 bits per heavy atom. The number of carbonyl (C=O) groups is 2. The van der Waals surface area contributed by atoms with Gasteiger partial charge in [0.2, 0.25) is 0 Å². The van der Waals surface area contributed by atoms with E-state index in [4.69, 9.17) is 21.1 Å². The second kappa shape index (κ2) is 11.4. The molecular formula is C22H25ClO4. The highest BCUT2D eigenvalue weighted by Crippen LogP contribution is 2.24. The SMILES string of the molecule is CCCCCCCCOc1ccccc1C(=O)Oc1ccccc1C(=O)Cl. The minimum atomic E-state index is -0.675. The number of carbonyl (C=O) groups excluding carboxylic acids is 2. The molecule has 0 N–H and O–H groups in total. The topological polar surface area (TPSA) is 52.6 Å². The molecule has 0 aliphatic heterocycles. The summed E-state index contributed by atoms with van der Waals surface area (Å²) in [6.07, 6.45) is 6.99. The Labute approximate surface area is 165 Å². The number of halogens is 1. The van der Waals surface area contributed by atoms with E-state index >= 15 is 0 Å². The lowest BCUT2D eigenvalue weighted by Crippen LogP contribution is -2.12. The zero-order valence-electron chi connectivity index (χ0n) is 15.6. The maximum atomic E-state index is 12.6. The number of hydrogen-bond donors (Lipinski definition) is 0. The van der Waals surface area contributed by atoms with Crippen molar-refractivity contribution in [3.8, 4) is 11.5 Å². The first-order valence-corrected chi connectivity index (χ1v) is 9.74. The fraction of sp³-hybridized carbons (Fsp3) is 0.364. The fourth-order valence-corrected chi connectivity index (χ4v) is 2.85. The van der Waals surface area contributed by atoms with Crippen molar-refractivity contribution in [1.29, 1.82) is 0 Å². The first-order chi connectivity index (χ1) is 13.1. The third-order valence-electron chi connectivity index (χ3n) is 4.16. The molecule has 5 heteroatoms. The summed E-state index contributed by atoms with van der Waals surface area (Å²) in [6.45, 7) is 2.74. The summed E-state index contributed by atoms with van der Waals surface area (Å²) in [5.74, 6) is 0.0258. The lowest BCUT2D eigenvalue weighted by atomic mass is 10.1. The predicted octanol–water partition coefficient (Wildman–Crippen LogP) is 6.02. The van der Waals surface area contributed by atoms with Crippen LogP contribution >= 0.6 is 11.6 Å². The molecule has 0 aliphatic rings.